The van der Waals surface area contributed by atoms with Gasteiger partial charge in [-0.1, -0.05) is 19.1 Å². The van der Waals surface area contributed by atoms with E-state index in [0.717, 1.165) is 24.1 Å². The van der Waals surface area contributed by atoms with E-state index in [0.29, 0.717) is 5.56 Å². The fraction of sp³-hybridized carbons (Fsp3) is 0.176. The van der Waals surface area contributed by atoms with Crippen molar-refractivity contribution >= 4 is 23.3 Å². The minimum atomic E-state index is -1.01. The maximum absolute atomic E-state index is 13.2. The molecule has 0 bridgehead atoms. The molecule has 0 heterocycles. The molecule has 0 fully saturated rings. The second-order valence-corrected chi connectivity index (χ2v) is 5.10. The maximum Gasteiger partial charge on any atom is 0.338 e. The van der Waals surface area contributed by atoms with Crippen LogP contribution >= 0.6 is 0 Å². The first kappa shape index (κ1) is 18.1. The Morgan fingerprint density at radius 1 is 1.20 bits per heavy atom. The first-order valence-electron chi connectivity index (χ1n) is 7.40. The van der Waals surface area contributed by atoms with Crippen LogP contribution in [0.1, 0.15) is 22.8 Å². The number of nitro groups is 1. The van der Waals surface area contributed by atoms with E-state index in [-0.39, 0.29) is 5.69 Å². The van der Waals surface area contributed by atoms with Crippen molar-refractivity contribution in [3.63, 3.8) is 0 Å². The number of nitrogens with zero attached hydrogens (tertiary/aromatic N) is 1. The van der Waals surface area contributed by atoms with Crippen LogP contribution in [0.25, 0.3) is 0 Å². The van der Waals surface area contributed by atoms with Gasteiger partial charge in [-0.3, -0.25) is 14.9 Å². The van der Waals surface area contributed by atoms with E-state index in [1.165, 1.54) is 6.07 Å². The number of rotatable bonds is 6. The number of carbonyl (C=O) groups excluding carboxylic acids is 2. The Kier molecular flexibility index (Phi) is 5.78. The number of hydrogen-bond acceptors (Lipinski definition) is 5. The minimum Gasteiger partial charge on any atom is -0.452 e. The average Bonchev–Trinajstić information content (AvgIpc) is 2.61. The van der Waals surface area contributed by atoms with E-state index >= 15 is 0 Å². The lowest BCUT2D eigenvalue weighted by atomic mass is 10.1. The molecular formula is C17H15FN2O5. The predicted molar refractivity (Wildman–Crippen MR) is 87.8 cm³/mol. The molecule has 0 spiro atoms. The SMILES string of the molecule is CCc1ccc(C(=O)OCC(=O)Nc2ccc(F)c([N+](=O)[O-])c2)cc1. The van der Waals surface area contributed by atoms with E-state index < -0.39 is 34.9 Å². The standard InChI is InChI=1S/C17H15FN2O5/c1-2-11-3-5-12(6-4-11)17(22)25-10-16(21)19-13-7-8-14(18)15(9-13)20(23)24/h3-9H,2,10H2,1H3,(H,19,21). The second-order valence-electron chi connectivity index (χ2n) is 5.10. The van der Waals surface area contributed by atoms with E-state index in [2.05, 4.69) is 5.32 Å². The van der Waals surface area contributed by atoms with Crippen molar-refractivity contribution in [2.24, 2.45) is 0 Å². The number of hydrogen-bond donors (Lipinski definition) is 1. The van der Waals surface area contributed by atoms with Gasteiger partial charge < -0.3 is 10.1 Å². The lowest BCUT2D eigenvalue weighted by Crippen LogP contribution is -2.21. The molecule has 7 nitrogen and oxygen atoms in total. The van der Waals surface area contributed by atoms with Gasteiger partial charge in [-0.05, 0) is 36.2 Å². The Morgan fingerprint density at radius 2 is 1.88 bits per heavy atom. The molecule has 2 aromatic carbocycles. The van der Waals surface area contributed by atoms with Crippen LogP contribution < -0.4 is 5.32 Å². The van der Waals surface area contributed by atoms with Crippen LogP contribution in [-0.4, -0.2) is 23.4 Å². The first-order chi connectivity index (χ1) is 11.9. The molecule has 0 aliphatic heterocycles. The summed E-state index contributed by atoms with van der Waals surface area (Å²) in [5.41, 5.74) is 0.641. The number of nitrogens with one attached hydrogen (secondary N) is 1. The molecule has 0 saturated carbocycles. The molecule has 25 heavy (non-hydrogen) atoms. The van der Waals surface area contributed by atoms with Crippen molar-refractivity contribution in [3.05, 3.63) is 69.5 Å². The number of esters is 1. The summed E-state index contributed by atoms with van der Waals surface area (Å²) in [6.45, 7) is 1.41. The van der Waals surface area contributed by atoms with Gasteiger partial charge in [0.1, 0.15) is 0 Å². The van der Waals surface area contributed by atoms with Gasteiger partial charge in [0.05, 0.1) is 10.5 Å². The van der Waals surface area contributed by atoms with Crippen LogP contribution in [0.4, 0.5) is 15.8 Å². The van der Waals surface area contributed by atoms with Crippen molar-refractivity contribution in [2.45, 2.75) is 13.3 Å². The molecule has 0 radical (unpaired) electrons. The van der Waals surface area contributed by atoms with E-state index in [1.54, 1.807) is 24.3 Å². The molecule has 0 aliphatic carbocycles. The average molecular weight is 346 g/mol. The Hall–Kier alpha value is -3.29. The number of aryl methyl sites for hydroxylation is 1. The monoisotopic (exact) mass is 346 g/mol. The molecule has 2 rings (SSSR count). The van der Waals surface area contributed by atoms with E-state index in [9.17, 15) is 24.1 Å². The van der Waals surface area contributed by atoms with Crippen molar-refractivity contribution in [2.75, 3.05) is 11.9 Å². The van der Waals surface area contributed by atoms with Crippen LogP contribution in [0.3, 0.4) is 0 Å². The number of nitro benzene ring substituents is 1. The second kappa shape index (κ2) is 8.00. The summed E-state index contributed by atoms with van der Waals surface area (Å²) in [6, 6.07) is 9.70. The van der Waals surface area contributed by atoms with E-state index in [1.807, 2.05) is 6.92 Å². The van der Waals surface area contributed by atoms with Crippen LogP contribution in [-0.2, 0) is 16.0 Å². The normalized spacial score (nSPS) is 10.2. The number of anilines is 1. The summed E-state index contributed by atoms with van der Waals surface area (Å²) >= 11 is 0. The zero-order chi connectivity index (χ0) is 18.4. The third-order valence-electron chi connectivity index (χ3n) is 3.36. The fourth-order valence-corrected chi connectivity index (χ4v) is 2.02. The zero-order valence-corrected chi connectivity index (χ0v) is 13.3. The number of halogens is 1. The molecule has 130 valence electrons. The minimum absolute atomic E-state index is 0.0291. The van der Waals surface area contributed by atoms with Crippen LogP contribution in [0, 0.1) is 15.9 Å². The smallest absolute Gasteiger partial charge is 0.338 e. The number of amides is 1. The summed E-state index contributed by atoms with van der Waals surface area (Å²) < 4.78 is 18.1. The van der Waals surface area contributed by atoms with Crippen molar-refractivity contribution in [1.82, 2.24) is 0 Å². The molecule has 0 aromatic heterocycles. The van der Waals surface area contributed by atoms with Gasteiger partial charge in [-0.15, -0.1) is 0 Å². The lowest BCUT2D eigenvalue weighted by Gasteiger charge is -2.07. The van der Waals surface area contributed by atoms with Crippen molar-refractivity contribution < 1.29 is 23.6 Å². The number of carbonyl (C=O) groups is 2. The highest BCUT2D eigenvalue weighted by Crippen LogP contribution is 2.21. The lowest BCUT2D eigenvalue weighted by molar-refractivity contribution is -0.387. The van der Waals surface area contributed by atoms with Gasteiger partial charge in [0.15, 0.2) is 6.61 Å². The molecule has 1 amide bonds. The van der Waals surface area contributed by atoms with Crippen LogP contribution in [0.15, 0.2) is 42.5 Å². The highest BCUT2D eigenvalue weighted by atomic mass is 19.1. The summed E-state index contributed by atoms with van der Waals surface area (Å²) in [4.78, 5) is 33.4. The predicted octanol–water partition coefficient (Wildman–Crippen LogP) is 3.09. The summed E-state index contributed by atoms with van der Waals surface area (Å²) in [6.07, 6.45) is 0.835. The third-order valence-corrected chi connectivity index (χ3v) is 3.36. The van der Waals surface area contributed by atoms with Crippen molar-refractivity contribution in [1.29, 1.82) is 0 Å². The van der Waals surface area contributed by atoms with Gasteiger partial charge in [0.25, 0.3) is 5.91 Å². The maximum atomic E-state index is 13.2. The van der Waals surface area contributed by atoms with Gasteiger partial charge in [-0.25, -0.2) is 4.79 Å². The third kappa shape index (κ3) is 4.84. The fourth-order valence-electron chi connectivity index (χ4n) is 2.02. The van der Waals surface area contributed by atoms with Gasteiger partial charge in [0, 0.05) is 11.8 Å². The van der Waals surface area contributed by atoms with Crippen LogP contribution in [0.5, 0.6) is 0 Å². The summed E-state index contributed by atoms with van der Waals surface area (Å²) in [5, 5.41) is 13.0. The van der Waals surface area contributed by atoms with Gasteiger partial charge in [-0.2, -0.15) is 4.39 Å². The highest BCUT2D eigenvalue weighted by Gasteiger charge is 2.16. The quantitative estimate of drug-likeness (QED) is 0.492. The molecular weight excluding hydrogens is 331 g/mol. The van der Waals surface area contributed by atoms with Crippen molar-refractivity contribution in [3.8, 4) is 0 Å². The van der Waals surface area contributed by atoms with Gasteiger partial charge >= 0.3 is 11.7 Å². The molecule has 0 atom stereocenters. The Labute approximate surface area is 142 Å². The molecule has 0 saturated heterocycles. The number of benzene rings is 2. The Morgan fingerprint density at radius 3 is 2.48 bits per heavy atom. The molecule has 0 aliphatic rings. The van der Waals surface area contributed by atoms with E-state index in [4.69, 9.17) is 4.74 Å². The largest absolute Gasteiger partial charge is 0.452 e. The summed E-state index contributed by atoms with van der Waals surface area (Å²) in [5.74, 6) is -2.37. The zero-order valence-electron chi connectivity index (χ0n) is 13.3. The number of ether oxygens (including phenoxy) is 1. The summed E-state index contributed by atoms with van der Waals surface area (Å²) in [7, 11) is 0. The Balaban J connectivity index is 1.93. The molecule has 2 aromatic rings. The first-order valence-corrected chi connectivity index (χ1v) is 7.40. The molecule has 8 heteroatoms. The van der Waals surface area contributed by atoms with Crippen LogP contribution in [0.2, 0.25) is 0 Å². The Bertz CT molecular complexity index is 805. The van der Waals surface area contributed by atoms with Gasteiger partial charge in [0.2, 0.25) is 5.82 Å². The highest BCUT2D eigenvalue weighted by molar-refractivity contribution is 5.95. The molecule has 0 unspecified atom stereocenters. The topological polar surface area (TPSA) is 98.5 Å². The molecule has 1 N–H and O–H groups in total.